The zero-order chi connectivity index (χ0) is 11.4. The molecule has 4 heteroatoms. The van der Waals surface area contributed by atoms with Gasteiger partial charge in [0.15, 0.2) is 0 Å². The number of pyridine rings is 1. The quantitative estimate of drug-likeness (QED) is 0.598. The maximum Gasteiger partial charge on any atom is 0.115 e. The third-order valence-corrected chi connectivity index (χ3v) is 2.79. The molecule has 1 aliphatic heterocycles. The highest BCUT2D eigenvalue weighted by atomic mass is 16.5. The van der Waals surface area contributed by atoms with E-state index in [-0.39, 0.29) is 6.04 Å². The van der Waals surface area contributed by atoms with Gasteiger partial charge in [0, 0.05) is 12.4 Å². The zero-order valence-electron chi connectivity index (χ0n) is 9.44. The second-order valence-corrected chi connectivity index (χ2v) is 3.93. The van der Waals surface area contributed by atoms with Crippen molar-refractivity contribution in [1.82, 2.24) is 10.4 Å². The Bertz CT molecular complexity index is 390. The van der Waals surface area contributed by atoms with Crippen molar-refractivity contribution in [1.29, 1.82) is 0 Å². The van der Waals surface area contributed by atoms with Gasteiger partial charge in [0.25, 0.3) is 0 Å². The van der Waals surface area contributed by atoms with Crippen molar-refractivity contribution >= 4 is 0 Å². The average Bonchev–Trinajstić information content (AvgIpc) is 2.34. The highest BCUT2D eigenvalue weighted by Crippen LogP contribution is 2.26. The van der Waals surface area contributed by atoms with Crippen molar-refractivity contribution in [3.8, 4) is 0 Å². The summed E-state index contributed by atoms with van der Waals surface area (Å²) in [5.74, 6) is 6.53. The van der Waals surface area contributed by atoms with Gasteiger partial charge in [-0.25, -0.2) is 5.43 Å². The maximum atomic E-state index is 5.64. The molecule has 4 nitrogen and oxygen atoms in total. The van der Waals surface area contributed by atoms with Crippen LogP contribution >= 0.6 is 0 Å². The number of nitrogens with one attached hydrogen (secondary N) is 1. The number of ether oxygens (including phenoxy) is 1. The molecule has 0 saturated heterocycles. The SMILES string of the molecule is Cc1cnccc1C(NN)C1=CCCCO1. The van der Waals surface area contributed by atoms with E-state index >= 15 is 0 Å². The number of aromatic nitrogens is 1. The lowest BCUT2D eigenvalue weighted by Crippen LogP contribution is -2.31. The molecule has 0 saturated carbocycles. The van der Waals surface area contributed by atoms with E-state index < -0.39 is 0 Å². The minimum atomic E-state index is -0.0664. The van der Waals surface area contributed by atoms with Crippen LogP contribution in [0.15, 0.2) is 30.3 Å². The Morgan fingerprint density at radius 3 is 3.06 bits per heavy atom. The van der Waals surface area contributed by atoms with E-state index in [1.807, 2.05) is 19.2 Å². The molecule has 2 heterocycles. The summed E-state index contributed by atoms with van der Waals surface area (Å²) in [6.45, 7) is 2.80. The molecular weight excluding hydrogens is 202 g/mol. The Balaban J connectivity index is 2.28. The highest BCUT2D eigenvalue weighted by Gasteiger charge is 2.19. The lowest BCUT2D eigenvalue weighted by Gasteiger charge is -2.24. The Hall–Kier alpha value is -1.39. The van der Waals surface area contributed by atoms with Crippen LogP contribution in [0.4, 0.5) is 0 Å². The molecule has 0 radical (unpaired) electrons. The number of allylic oxidation sites excluding steroid dienone is 1. The summed E-state index contributed by atoms with van der Waals surface area (Å²) in [6, 6.07) is 1.90. The van der Waals surface area contributed by atoms with Crippen LogP contribution in [0.25, 0.3) is 0 Å². The number of hydrazine groups is 1. The lowest BCUT2D eigenvalue weighted by atomic mass is 10.0. The number of nitrogens with zero attached hydrogens (tertiary/aromatic N) is 1. The normalized spacial score (nSPS) is 17.5. The molecule has 1 atom stereocenters. The minimum absolute atomic E-state index is 0.0664. The van der Waals surface area contributed by atoms with E-state index in [9.17, 15) is 0 Å². The topological polar surface area (TPSA) is 60.2 Å². The number of hydrogen-bond donors (Lipinski definition) is 2. The zero-order valence-corrected chi connectivity index (χ0v) is 9.44. The summed E-state index contributed by atoms with van der Waals surface area (Å²) in [4.78, 5) is 4.08. The summed E-state index contributed by atoms with van der Waals surface area (Å²) in [5.41, 5.74) is 5.04. The van der Waals surface area contributed by atoms with E-state index in [0.717, 1.165) is 36.3 Å². The largest absolute Gasteiger partial charge is 0.496 e. The summed E-state index contributed by atoms with van der Waals surface area (Å²) < 4.78 is 5.64. The Labute approximate surface area is 95.5 Å². The molecule has 1 aliphatic rings. The maximum absolute atomic E-state index is 5.64. The van der Waals surface area contributed by atoms with Gasteiger partial charge in [-0.3, -0.25) is 10.8 Å². The molecule has 0 fully saturated rings. The molecule has 0 amide bonds. The third kappa shape index (κ3) is 2.23. The van der Waals surface area contributed by atoms with Gasteiger partial charge in [-0.05, 0) is 43.0 Å². The predicted octanol–water partition coefficient (Wildman–Crippen LogP) is 1.59. The fourth-order valence-electron chi connectivity index (χ4n) is 1.91. The summed E-state index contributed by atoms with van der Waals surface area (Å²) >= 11 is 0. The number of rotatable bonds is 3. The van der Waals surface area contributed by atoms with Gasteiger partial charge >= 0.3 is 0 Å². The van der Waals surface area contributed by atoms with Crippen LogP contribution in [-0.2, 0) is 4.74 Å². The van der Waals surface area contributed by atoms with Gasteiger partial charge in [-0.1, -0.05) is 0 Å². The average molecular weight is 219 g/mol. The Morgan fingerprint density at radius 2 is 2.44 bits per heavy atom. The second-order valence-electron chi connectivity index (χ2n) is 3.93. The summed E-state index contributed by atoms with van der Waals surface area (Å²) in [7, 11) is 0. The summed E-state index contributed by atoms with van der Waals surface area (Å²) in [6.07, 6.45) is 7.85. The molecule has 3 N–H and O–H groups in total. The smallest absolute Gasteiger partial charge is 0.115 e. The standard InChI is InChI=1S/C12H17N3O/c1-9-8-14-6-5-10(9)12(15-13)11-4-2-3-7-16-11/h4-6,8,12,15H,2-3,7,13H2,1H3. The molecule has 0 bridgehead atoms. The van der Waals surface area contributed by atoms with Crippen molar-refractivity contribution in [3.63, 3.8) is 0 Å². The van der Waals surface area contributed by atoms with Gasteiger partial charge in [0.1, 0.15) is 11.8 Å². The highest BCUT2D eigenvalue weighted by molar-refractivity contribution is 5.30. The number of nitrogens with two attached hydrogens (primary N) is 1. The number of aryl methyl sites for hydroxylation is 1. The van der Waals surface area contributed by atoms with Crippen molar-refractivity contribution in [2.45, 2.75) is 25.8 Å². The predicted molar refractivity (Wildman–Crippen MR) is 62.3 cm³/mol. The molecule has 86 valence electrons. The van der Waals surface area contributed by atoms with Crippen LogP contribution in [0.1, 0.15) is 30.0 Å². The van der Waals surface area contributed by atoms with Crippen molar-refractivity contribution in [3.05, 3.63) is 41.4 Å². The minimum Gasteiger partial charge on any atom is -0.496 e. The molecule has 0 spiro atoms. The first kappa shape index (κ1) is 11.1. The lowest BCUT2D eigenvalue weighted by molar-refractivity contribution is 0.167. The monoisotopic (exact) mass is 219 g/mol. The van der Waals surface area contributed by atoms with Crippen LogP contribution in [-0.4, -0.2) is 11.6 Å². The fraction of sp³-hybridized carbons (Fsp3) is 0.417. The van der Waals surface area contributed by atoms with E-state index in [0.29, 0.717) is 0 Å². The van der Waals surface area contributed by atoms with E-state index in [4.69, 9.17) is 10.6 Å². The van der Waals surface area contributed by atoms with Crippen LogP contribution in [0.5, 0.6) is 0 Å². The van der Waals surface area contributed by atoms with Gasteiger partial charge in [-0.15, -0.1) is 0 Å². The van der Waals surface area contributed by atoms with Gasteiger partial charge in [0.05, 0.1) is 6.61 Å². The summed E-state index contributed by atoms with van der Waals surface area (Å²) in [5, 5.41) is 0. The number of hydrogen-bond acceptors (Lipinski definition) is 4. The molecular formula is C12H17N3O. The molecule has 1 aromatic rings. The van der Waals surface area contributed by atoms with Crippen LogP contribution in [0, 0.1) is 6.92 Å². The van der Waals surface area contributed by atoms with Crippen LogP contribution in [0.2, 0.25) is 0 Å². The molecule has 1 unspecified atom stereocenters. The van der Waals surface area contributed by atoms with Crippen molar-refractivity contribution < 1.29 is 4.74 Å². The van der Waals surface area contributed by atoms with Crippen molar-refractivity contribution in [2.75, 3.05) is 6.61 Å². The molecule has 2 rings (SSSR count). The molecule has 0 aliphatic carbocycles. The van der Waals surface area contributed by atoms with Crippen LogP contribution < -0.4 is 11.3 Å². The fourth-order valence-corrected chi connectivity index (χ4v) is 1.91. The first-order valence-electron chi connectivity index (χ1n) is 5.52. The van der Waals surface area contributed by atoms with Gasteiger partial charge in [0.2, 0.25) is 0 Å². The molecule has 16 heavy (non-hydrogen) atoms. The van der Waals surface area contributed by atoms with Gasteiger partial charge in [-0.2, -0.15) is 0 Å². The van der Waals surface area contributed by atoms with E-state index in [1.165, 1.54) is 0 Å². The van der Waals surface area contributed by atoms with E-state index in [2.05, 4.69) is 16.5 Å². The Morgan fingerprint density at radius 1 is 1.56 bits per heavy atom. The van der Waals surface area contributed by atoms with Crippen LogP contribution in [0.3, 0.4) is 0 Å². The van der Waals surface area contributed by atoms with Gasteiger partial charge < -0.3 is 4.74 Å². The first-order chi connectivity index (χ1) is 7.83. The molecule has 1 aromatic heterocycles. The Kier molecular flexibility index (Phi) is 3.54. The third-order valence-electron chi connectivity index (χ3n) is 2.79. The molecule has 0 aromatic carbocycles. The first-order valence-corrected chi connectivity index (χ1v) is 5.52. The van der Waals surface area contributed by atoms with Crippen molar-refractivity contribution in [2.24, 2.45) is 5.84 Å². The van der Waals surface area contributed by atoms with E-state index in [1.54, 1.807) is 6.20 Å². The second kappa shape index (κ2) is 5.09.